The van der Waals surface area contributed by atoms with Gasteiger partial charge in [0.25, 0.3) is 0 Å². The summed E-state index contributed by atoms with van der Waals surface area (Å²) >= 11 is 1.88. The molecule has 0 saturated carbocycles. The third-order valence-corrected chi connectivity index (χ3v) is 3.86. The van der Waals surface area contributed by atoms with Crippen LogP contribution in [0.25, 0.3) is 0 Å². The van der Waals surface area contributed by atoms with Crippen LogP contribution in [0.3, 0.4) is 0 Å². The summed E-state index contributed by atoms with van der Waals surface area (Å²) in [4.78, 5) is 1.31. The molecule has 0 spiro atoms. The Morgan fingerprint density at radius 2 is 2.14 bits per heavy atom. The van der Waals surface area contributed by atoms with Crippen LogP contribution < -0.4 is 0 Å². The lowest BCUT2D eigenvalue weighted by Gasteiger charge is -2.25. The van der Waals surface area contributed by atoms with E-state index in [4.69, 9.17) is 0 Å². The number of hydrogen-bond donors (Lipinski definition) is 1. The van der Waals surface area contributed by atoms with Gasteiger partial charge in [-0.05, 0) is 43.6 Å². The first-order valence-corrected chi connectivity index (χ1v) is 6.05. The third kappa shape index (κ3) is 1.82. The Kier molecular flexibility index (Phi) is 2.58. The minimum absolute atomic E-state index is 0.713. The van der Waals surface area contributed by atoms with Gasteiger partial charge in [0.05, 0.1) is 5.60 Å². The lowest BCUT2D eigenvalue weighted by atomic mass is 9.95. The Morgan fingerprint density at radius 3 is 2.86 bits per heavy atom. The highest BCUT2D eigenvalue weighted by Gasteiger charge is 2.23. The van der Waals surface area contributed by atoms with Gasteiger partial charge in [-0.1, -0.05) is 18.2 Å². The molecular formula is C12H16OS. The predicted octanol–water partition coefficient (Wildman–Crippen LogP) is 2.95. The van der Waals surface area contributed by atoms with Gasteiger partial charge < -0.3 is 5.11 Å². The first-order valence-electron chi connectivity index (χ1n) is 5.06. The fourth-order valence-corrected chi connectivity index (χ4v) is 3.19. The maximum absolute atomic E-state index is 10.0. The van der Waals surface area contributed by atoms with Crippen LogP contribution in [0.1, 0.15) is 31.4 Å². The summed E-state index contributed by atoms with van der Waals surface area (Å²) in [5, 5.41) is 10.0. The molecule has 14 heavy (non-hydrogen) atoms. The molecule has 1 aromatic rings. The predicted molar refractivity (Wildman–Crippen MR) is 60.7 cm³/mol. The molecule has 2 heteroatoms. The van der Waals surface area contributed by atoms with E-state index in [9.17, 15) is 5.11 Å². The monoisotopic (exact) mass is 208 g/mol. The average molecular weight is 208 g/mol. The highest BCUT2D eigenvalue weighted by Crippen LogP contribution is 2.37. The molecule has 1 nitrogen and oxygen atoms in total. The van der Waals surface area contributed by atoms with Gasteiger partial charge in [-0.15, -0.1) is 11.8 Å². The van der Waals surface area contributed by atoms with Crippen LogP contribution in [0.4, 0.5) is 0 Å². The van der Waals surface area contributed by atoms with Crippen molar-refractivity contribution < 1.29 is 5.11 Å². The minimum atomic E-state index is -0.713. The standard InChI is InChI=1S/C12H16OS/c1-12(2,13)10-7-3-5-9-6-4-8-14-11(9)10/h3,5,7,13H,4,6,8H2,1-2H3. The molecule has 76 valence electrons. The van der Waals surface area contributed by atoms with Gasteiger partial charge in [0.15, 0.2) is 0 Å². The molecule has 1 heterocycles. The van der Waals surface area contributed by atoms with Crippen molar-refractivity contribution in [2.45, 2.75) is 37.2 Å². The van der Waals surface area contributed by atoms with E-state index in [-0.39, 0.29) is 0 Å². The number of rotatable bonds is 1. The maximum Gasteiger partial charge on any atom is 0.0851 e. The second kappa shape index (κ2) is 3.59. The van der Waals surface area contributed by atoms with Crippen molar-refractivity contribution in [2.24, 2.45) is 0 Å². The van der Waals surface area contributed by atoms with E-state index < -0.39 is 5.60 Å². The van der Waals surface area contributed by atoms with Gasteiger partial charge in [-0.2, -0.15) is 0 Å². The summed E-state index contributed by atoms with van der Waals surface area (Å²) in [6.07, 6.45) is 2.42. The Balaban J connectivity index is 2.51. The molecule has 1 aromatic carbocycles. The summed E-state index contributed by atoms with van der Waals surface area (Å²) in [5.74, 6) is 1.18. The topological polar surface area (TPSA) is 20.2 Å². The summed E-state index contributed by atoms with van der Waals surface area (Å²) in [7, 11) is 0. The van der Waals surface area contributed by atoms with Crippen LogP contribution in [0.2, 0.25) is 0 Å². The second-order valence-electron chi connectivity index (χ2n) is 4.30. The van der Waals surface area contributed by atoms with E-state index in [0.717, 1.165) is 12.0 Å². The molecule has 0 aromatic heterocycles. The Bertz CT molecular complexity index is 339. The molecule has 1 aliphatic rings. The molecule has 0 amide bonds. The largest absolute Gasteiger partial charge is 0.386 e. The first-order chi connectivity index (χ1) is 6.59. The zero-order chi connectivity index (χ0) is 10.2. The van der Waals surface area contributed by atoms with Crippen molar-refractivity contribution in [1.82, 2.24) is 0 Å². The Labute approximate surface area is 89.5 Å². The van der Waals surface area contributed by atoms with Crippen LogP contribution in [0.5, 0.6) is 0 Å². The van der Waals surface area contributed by atoms with Gasteiger partial charge in [0.1, 0.15) is 0 Å². The van der Waals surface area contributed by atoms with E-state index in [1.165, 1.54) is 22.6 Å². The molecule has 0 radical (unpaired) electrons. The Morgan fingerprint density at radius 1 is 1.36 bits per heavy atom. The molecule has 1 aliphatic heterocycles. The van der Waals surface area contributed by atoms with Crippen molar-refractivity contribution in [3.63, 3.8) is 0 Å². The molecule has 0 aliphatic carbocycles. The number of aryl methyl sites for hydroxylation is 1. The van der Waals surface area contributed by atoms with E-state index in [1.807, 2.05) is 31.7 Å². The molecule has 0 atom stereocenters. The van der Waals surface area contributed by atoms with Gasteiger partial charge in [-0.3, -0.25) is 0 Å². The average Bonchev–Trinajstić information content (AvgIpc) is 2.15. The van der Waals surface area contributed by atoms with Crippen LogP contribution in [0, 0.1) is 0 Å². The van der Waals surface area contributed by atoms with Crippen molar-refractivity contribution in [1.29, 1.82) is 0 Å². The van der Waals surface area contributed by atoms with Crippen LogP contribution in [-0.4, -0.2) is 10.9 Å². The van der Waals surface area contributed by atoms with E-state index >= 15 is 0 Å². The van der Waals surface area contributed by atoms with Crippen molar-refractivity contribution in [3.05, 3.63) is 29.3 Å². The molecule has 0 saturated heterocycles. The normalized spacial score (nSPS) is 16.5. The molecule has 2 rings (SSSR count). The quantitative estimate of drug-likeness (QED) is 0.765. The SMILES string of the molecule is CC(C)(O)c1cccc2c1SCCC2. The van der Waals surface area contributed by atoms with Gasteiger partial charge >= 0.3 is 0 Å². The zero-order valence-electron chi connectivity index (χ0n) is 8.71. The van der Waals surface area contributed by atoms with E-state index in [1.54, 1.807) is 0 Å². The van der Waals surface area contributed by atoms with Crippen molar-refractivity contribution in [3.8, 4) is 0 Å². The van der Waals surface area contributed by atoms with Gasteiger partial charge in [0, 0.05) is 4.90 Å². The lowest BCUT2D eigenvalue weighted by molar-refractivity contribution is 0.0756. The summed E-state index contributed by atoms with van der Waals surface area (Å²) in [5.41, 5.74) is 1.77. The van der Waals surface area contributed by atoms with Gasteiger partial charge in [0.2, 0.25) is 0 Å². The van der Waals surface area contributed by atoms with Crippen LogP contribution in [0.15, 0.2) is 23.1 Å². The molecule has 1 N–H and O–H groups in total. The van der Waals surface area contributed by atoms with Crippen molar-refractivity contribution in [2.75, 3.05) is 5.75 Å². The molecule has 0 fully saturated rings. The summed E-state index contributed by atoms with van der Waals surface area (Å²) in [6.45, 7) is 3.72. The number of thioether (sulfide) groups is 1. The van der Waals surface area contributed by atoms with Crippen molar-refractivity contribution >= 4 is 11.8 Å². The highest BCUT2D eigenvalue weighted by atomic mass is 32.2. The second-order valence-corrected chi connectivity index (χ2v) is 5.41. The van der Waals surface area contributed by atoms with Gasteiger partial charge in [-0.25, -0.2) is 0 Å². The summed E-state index contributed by atoms with van der Waals surface area (Å²) in [6, 6.07) is 6.27. The molecule has 0 unspecified atom stereocenters. The number of aliphatic hydroxyl groups is 1. The fraction of sp³-hybridized carbons (Fsp3) is 0.500. The van der Waals surface area contributed by atoms with E-state index in [0.29, 0.717) is 0 Å². The smallest absolute Gasteiger partial charge is 0.0851 e. The zero-order valence-corrected chi connectivity index (χ0v) is 9.53. The third-order valence-electron chi connectivity index (χ3n) is 2.59. The fourth-order valence-electron chi connectivity index (χ4n) is 1.87. The molecular weight excluding hydrogens is 192 g/mol. The number of benzene rings is 1. The van der Waals surface area contributed by atoms with E-state index in [2.05, 4.69) is 12.1 Å². The Hall–Kier alpha value is -0.470. The van der Waals surface area contributed by atoms with Crippen LogP contribution in [-0.2, 0) is 12.0 Å². The number of hydrogen-bond acceptors (Lipinski definition) is 2. The number of fused-ring (bicyclic) bond motifs is 1. The lowest BCUT2D eigenvalue weighted by Crippen LogP contribution is -2.18. The molecule has 0 bridgehead atoms. The maximum atomic E-state index is 10.0. The first kappa shape index (κ1) is 10.1. The summed E-state index contributed by atoms with van der Waals surface area (Å²) < 4.78 is 0. The minimum Gasteiger partial charge on any atom is -0.386 e. The highest BCUT2D eigenvalue weighted by molar-refractivity contribution is 7.99. The van der Waals surface area contributed by atoms with Crippen LogP contribution >= 0.6 is 11.8 Å².